The lowest BCUT2D eigenvalue weighted by atomic mass is 9.85. The van der Waals surface area contributed by atoms with E-state index in [1.54, 1.807) is 5.57 Å². The molecule has 4 heteroatoms. The van der Waals surface area contributed by atoms with E-state index >= 15 is 0 Å². The van der Waals surface area contributed by atoms with Gasteiger partial charge in [0.2, 0.25) is 0 Å². The van der Waals surface area contributed by atoms with Crippen LogP contribution in [-0.2, 0) is 25.8 Å². The van der Waals surface area contributed by atoms with Crippen LogP contribution in [0.15, 0.2) is 54.1 Å². The van der Waals surface area contributed by atoms with Crippen LogP contribution in [0.2, 0.25) is 0 Å². The SMILES string of the molecule is C=C(C)[C@@H]1CC=C(CN2CCc3nnc(CCc4ccccc4)n3CC2)CC1. The Balaban J connectivity index is 1.33. The highest BCUT2D eigenvalue weighted by Gasteiger charge is 2.21. The van der Waals surface area contributed by atoms with E-state index in [0.29, 0.717) is 5.92 Å². The summed E-state index contributed by atoms with van der Waals surface area (Å²) in [5.74, 6) is 2.99. The lowest BCUT2D eigenvalue weighted by Crippen LogP contribution is -2.30. The fourth-order valence-corrected chi connectivity index (χ4v) is 4.44. The first-order valence-electron chi connectivity index (χ1n) is 10.7. The van der Waals surface area contributed by atoms with E-state index in [4.69, 9.17) is 0 Å². The first-order chi connectivity index (χ1) is 13.7. The number of aryl methyl sites for hydroxylation is 2. The lowest BCUT2D eigenvalue weighted by molar-refractivity contribution is 0.294. The third-order valence-electron chi connectivity index (χ3n) is 6.30. The van der Waals surface area contributed by atoms with E-state index in [2.05, 4.69) is 69.6 Å². The maximum absolute atomic E-state index is 4.50. The minimum absolute atomic E-state index is 0.691. The van der Waals surface area contributed by atoms with Crippen molar-refractivity contribution in [3.8, 4) is 0 Å². The predicted molar refractivity (Wildman–Crippen MR) is 114 cm³/mol. The largest absolute Gasteiger partial charge is 0.314 e. The molecule has 2 aromatic rings. The third kappa shape index (κ3) is 4.61. The molecule has 0 saturated carbocycles. The second kappa shape index (κ2) is 8.87. The fraction of sp³-hybridized carbons (Fsp3) is 0.500. The highest BCUT2D eigenvalue weighted by molar-refractivity contribution is 5.16. The number of hydrogen-bond donors (Lipinski definition) is 0. The molecule has 28 heavy (non-hydrogen) atoms. The molecule has 1 aliphatic carbocycles. The number of allylic oxidation sites excluding steroid dienone is 2. The summed E-state index contributed by atoms with van der Waals surface area (Å²) in [7, 11) is 0. The van der Waals surface area contributed by atoms with Crippen molar-refractivity contribution in [2.75, 3.05) is 19.6 Å². The second-order valence-corrected chi connectivity index (χ2v) is 8.38. The Bertz CT molecular complexity index is 834. The van der Waals surface area contributed by atoms with Crippen LogP contribution in [0.5, 0.6) is 0 Å². The first kappa shape index (κ1) is 19.1. The molecule has 148 valence electrons. The minimum Gasteiger partial charge on any atom is -0.314 e. The summed E-state index contributed by atoms with van der Waals surface area (Å²) in [5, 5.41) is 9.00. The molecular formula is C24H32N4. The van der Waals surface area contributed by atoms with Crippen molar-refractivity contribution < 1.29 is 0 Å². The monoisotopic (exact) mass is 376 g/mol. The zero-order valence-corrected chi connectivity index (χ0v) is 17.1. The van der Waals surface area contributed by atoms with Crippen LogP contribution in [0, 0.1) is 5.92 Å². The van der Waals surface area contributed by atoms with Crippen molar-refractivity contribution in [3.05, 3.63) is 71.3 Å². The van der Waals surface area contributed by atoms with E-state index in [1.807, 2.05) is 0 Å². The Morgan fingerprint density at radius 3 is 2.68 bits per heavy atom. The first-order valence-corrected chi connectivity index (χ1v) is 10.7. The molecule has 0 N–H and O–H groups in total. The van der Waals surface area contributed by atoms with Crippen LogP contribution in [0.25, 0.3) is 0 Å². The van der Waals surface area contributed by atoms with Gasteiger partial charge in [0.25, 0.3) is 0 Å². The molecule has 0 amide bonds. The van der Waals surface area contributed by atoms with Gasteiger partial charge in [0.1, 0.15) is 11.6 Å². The molecule has 0 fully saturated rings. The van der Waals surface area contributed by atoms with E-state index in [1.165, 1.54) is 30.4 Å². The van der Waals surface area contributed by atoms with Crippen LogP contribution in [-0.4, -0.2) is 39.3 Å². The zero-order chi connectivity index (χ0) is 19.3. The highest BCUT2D eigenvalue weighted by Crippen LogP contribution is 2.28. The van der Waals surface area contributed by atoms with Gasteiger partial charge in [-0.05, 0) is 44.1 Å². The molecule has 1 aliphatic heterocycles. The third-order valence-corrected chi connectivity index (χ3v) is 6.30. The molecule has 0 saturated heterocycles. The van der Waals surface area contributed by atoms with Gasteiger partial charge in [-0.2, -0.15) is 0 Å². The van der Waals surface area contributed by atoms with Crippen molar-refractivity contribution >= 4 is 0 Å². The summed E-state index contributed by atoms with van der Waals surface area (Å²) in [6, 6.07) is 10.7. The van der Waals surface area contributed by atoms with E-state index in [0.717, 1.165) is 57.1 Å². The Morgan fingerprint density at radius 1 is 1.07 bits per heavy atom. The Morgan fingerprint density at radius 2 is 1.93 bits per heavy atom. The van der Waals surface area contributed by atoms with Crippen molar-refractivity contribution in [3.63, 3.8) is 0 Å². The molecule has 1 atom stereocenters. The van der Waals surface area contributed by atoms with Gasteiger partial charge in [0.05, 0.1) is 0 Å². The van der Waals surface area contributed by atoms with Crippen LogP contribution in [0.1, 0.15) is 43.4 Å². The smallest absolute Gasteiger partial charge is 0.134 e. The molecule has 0 spiro atoms. The molecule has 0 unspecified atom stereocenters. The van der Waals surface area contributed by atoms with Crippen LogP contribution < -0.4 is 0 Å². The summed E-state index contributed by atoms with van der Waals surface area (Å²) in [6.45, 7) is 10.6. The maximum Gasteiger partial charge on any atom is 0.134 e. The number of nitrogens with zero attached hydrogens (tertiary/aromatic N) is 4. The maximum atomic E-state index is 4.50. The summed E-state index contributed by atoms with van der Waals surface area (Å²) < 4.78 is 2.37. The van der Waals surface area contributed by atoms with Crippen molar-refractivity contribution in [1.29, 1.82) is 0 Å². The van der Waals surface area contributed by atoms with Gasteiger partial charge in [-0.3, -0.25) is 4.90 Å². The molecular weight excluding hydrogens is 344 g/mol. The minimum atomic E-state index is 0.691. The van der Waals surface area contributed by atoms with Crippen LogP contribution in [0.3, 0.4) is 0 Å². The average Bonchev–Trinajstić information content (AvgIpc) is 3.00. The molecule has 0 radical (unpaired) electrons. The molecule has 1 aromatic heterocycles. The summed E-state index contributed by atoms with van der Waals surface area (Å²) in [5.41, 5.74) is 4.32. The molecule has 0 bridgehead atoms. The van der Waals surface area contributed by atoms with Crippen molar-refractivity contribution in [2.24, 2.45) is 5.92 Å². The van der Waals surface area contributed by atoms with Gasteiger partial charge < -0.3 is 4.57 Å². The second-order valence-electron chi connectivity index (χ2n) is 8.38. The van der Waals surface area contributed by atoms with Crippen molar-refractivity contribution in [1.82, 2.24) is 19.7 Å². The van der Waals surface area contributed by atoms with E-state index in [9.17, 15) is 0 Å². The Labute approximate surface area is 169 Å². The molecule has 4 nitrogen and oxygen atoms in total. The summed E-state index contributed by atoms with van der Waals surface area (Å²) >= 11 is 0. The summed E-state index contributed by atoms with van der Waals surface area (Å²) in [4.78, 5) is 2.60. The fourth-order valence-electron chi connectivity index (χ4n) is 4.44. The molecule has 2 heterocycles. The molecule has 2 aliphatic rings. The highest BCUT2D eigenvalue weighted by atomic mass is 15.3. The number of hydrogen-bond acceptors (Lipinski definition) is 3. The quantitative estimate of drug-likeness (QED) is 0.708. The number of benzene rings is 1. The topological polar surface area (TPSA) is 34.0 Å². The standard InChI is InChI=1S/C24H32N4/c1-19(2)22-11-8-21(9-12-22)18-27-15-14-24-26-25-23(28(24)17-16-27)13-10-20-6-4-3-5-7-20/h3-8,22H,1,9-18H2,2H3/t22-/m1/s1. The van der Waals surface area contributed by atoms with Gasteiger partial charge in [0, 0.05) is 39.0 Å². The normalized spacial score (nSPS) is 20.3. The number of fused-ring (bicyclic) bond motifs is 1. The molecule has 4 rings (SSSR count). The van der Waals surface area contributed by atoms with Gasteiger partial charge in [-0.15, -0.1) is 10.2 Å². The average molecular weight is 377 g/mol. The number of aromatic nitrogens is 3. The zero-order valence-electron chi connectivity index (χ0n) is 17.1. The van der Waals surface area contributed by atoms with Crippen molar-refractivity contribution in [2.45, 2.75) is 52.0 Å². The van der Waals surface area contributed by atoms with E-state index in [-0.39, 0.29) is 0 Å². The summed E-state index contributed by atoms with van der Waals surface area (Å²) in [6.07, 6.45) is 9.13. The number of rotatable bonds is 6. The predicted octanol–water partition coefficient (Wildman–Crippen LogP) is 4.22. The van der Waals surface area contributed by atoms with Gasteiger partial charge >= 0.3 is 0 Å². The Kier molecular flexibility index (Phi) is 6.06. The Hall–Kier alpha value is -2.20. The van der Waals surface area contributed by atoms with Crippen LogP contribution >= 0.6 is 0 Å². The van der Waals surface area contributed by atoms with E-state index < -0.39 is 0 Å². The van der Waals surface area contributed by atoms with Gasteiger partial charge in [0.15, 0.2) is 0 Å². The van der Waals surface area contributed by atoms with Crippen LogP contribution in [0.4, 0.5) is 0 Å². The van der Waals surface area contributed by atoms with Gasteiger partial charge in [-0.1, -0.05) is 54.1 Å². The molecule has 1 aromatic carbocycles. The lowest BCUT2D eigenvalue weighted by Gasteiger charge is -2.26. The van der Waals surface area contributed by atoms with Gasteiger partial charge in [-0.25, -0.2) is 0 Å².